The predicted octanol–water partition coefficient (Wildman–Crippen LogP) is 5.36. The number of thiazole rings is 1. The van der Waals surface area contributed by atoms with Crippen LogP contribution in [-0.4, -0.2) is 13.4 Å². The highest BCUT2D eigenvalue weighted by Crippen LogP contribution is 2.33. The van der Waals surface area contributed by atoms with Crippen LogP contribution in [0.25, 0.3) is 11.3 Å². The summed E-state index contributed by atoms with van der Waals surface area (Å²) in [6, 6.07) is 11.1. The summed E-state index contributed by atoms with van der Waals surface area (Å²) in [5, 5.41) is 1.93. The van der Waals surface area contributed by atoms with Crippen molar-refractivity contribution in [2.75, 3.05) is 4.72 Å². The van der Waals surface area contributed by atoms with Gasteiger partial charge in [-0.1, -0.05) is 43.1 Å². The standard InChI is InChI=1S/C18H16ClFN2O2S2/c1-2-4-12-7-9-13(10-8-12)26(23,24)22-18-21-16(11-25-18)17-14(19)5-3-6-15(17)20/h3,5-11H,2,4H2,1H3,(H,21,22). The summed E-state index contributed by atoms with van der Waals surface area (Å²) in [7, 11) is -3.76. The van der Waals surface area contributed by atoms with Crippen LogP contribution < -0.4 is 4.72 Å². The maximum atomic E-state index is 14.0. The number of nitrogens with zero attached hydrogens (tertiary/aromatic N) is 1. The number of anilines is 1. The maximum Gasteiger partial charge on any atom is 0.263 e. The molecule has 4 nitrogen and oxygen atoms in total. The van der Waals surface area contributed by atoms with Gasteiger partial charge in [-0.2, -0.15) is 0 Å². The minimum atomic E-state index is -3.76. The zero-order valence-electron chi connectivity index (χ0n) is 13.9. The molecule has 0 unspecified atom stereocenters. The van der Waals surface area contributed by atoms with Gasteiger partial charge >= 0.3 is 0 Å². The third-order valence-corrected chi connectivity index (χ3v) is 6.27. The quantitative estimate of drug-likeness (QED) is 0.595. The summed E-state index contributed by atoms with van der Waals surface area (Å²) in [5.41, 5.74) is 1.52. The first-order chi connectivity index (χ1) is 12.4. The molecule has 26 heavy (non-hydrogen) atoms. The van der Waals surface area contributed by atoms with E-state index in [9.17, 15) is 12.8 Å². The van der Waals surface area contributed by atoms with Crippen molar-refractivity contribution in [1.82, 2.24) is 4.98 Å². The third-order valence-electron chi connectivity index (χ3n) is 3.72. The van der Waals surface area contributed by atoms with Gasteiger partial charge in [0.1, 0.15) is 5.82 Å². The molecule has 8 heteroatoms. The van der Waals surface area contributed by atoms with E-state index in [4.69, 9.17) is 11.6 Å². The van der Waals surface area contributed by atoms with Crippen LogP contribution in [0.3, 0.4) is 0 Å². The molecule has 0 saturated heterocycles. The van der Waals surface area contributed by atoms with E-state index in [2.05, 4.69) is 16.6 Å². The molecule has 136 valence electrons. The van der Waals surface area contributed by atoms with Gasteiger partial charge in [-0.3, -0.25) is 4.72 Å². The highest BCUT2D eigenvalue weighted by molar-refractivity contribution is 7.93. The second kappa shape index (κ2) is 7.73. The van der Waals surface area contributed by atoms with E-state index in [1.54, 1.807) is 35.7 Å². The summed E-state index contributed by atoms with van der Waals surface area (Å²) in [5.74, 6) is -0.510. The normalized spacial score (nSPS) is 11.5. The van der Waals surface area contributed by atoms with Gasteiger partial charge in [0.15, 0.2) is 5.13 Å². The Bertz CT molecular complexity index is 998. The molecule has 0 radical (unpaired) electrons. The fraction of sp³-hybridized carbons (Fsp3) is 0.167. The third kappa shape index (κ3) is 4.06. The molecular formula is C18H16ClFN2O2S2. The molecule has 0 spiro atoms. The van der Waals surface area contributed by atoms with E-state index in [1.807, 2.05) is 0 Å². The van der Waals surface area contributed by atoms with E-state index >= 15 is 0 Å². The lowest BCUT2D eigenvalue weighted by molar-refractivity contribution is 0.601. The summed E-state index contributed by atoms with van der Waals surface area (Å²) < 4.78 is 41.4. The van der Waals surface area contributed by atoms with Crippen molar-refractivity contribution in [3.63, 3.8) is 0 Å². The number of rotatable bonds is 6. The lowest BCUT2D eigenvalue weighted by Gasteiger charge is -2.06. The molecule has 0 aliphatic rings. The minimum absolute atomic E-state index is 0.150. The number of aryl methyl sites for hydroxylation is 1. The molecule has 2 aromatic carbocycles. The largest absolute Gasteiger partial charge is 0.263 e. The highest BCUT2D eigenvalue weighted by atomic mass is 35.5. The van der Waals surface area contributed by atoms with Gasteiger partial charge in [0, 0.05) is 5.38 Å². The van der Waals surface area contributed by atoms with Crippen molar-refractivity contribution in [3.8, 4) is 11.3 Å². The first-order valence-electron chi connectivity index (χ1n) is 7.92. The van der Waals surface area contributed by atoms with Crippen LogP contribution in [0.1, 0.15) is 18.9 Å². The topological polar surface area (TPSA) is 59.1 Å². The smallest absolute Gasteiger partial charge is 0.255 e. The summed E-state index contributed by atoms with van der Waals surface area (Å²) in [4.78, 5) is 4.31. The Hall–Kier alpha value is -1.96. The molecule has 3 rings (SSSR count). The number of sulfonamides is 1. The monoisotopic (exact) mass is 410 g/mol. The SMILES string of the molecule is CCCc1ccc(S(=O)(=O)Nc2nc(-c3c(F)cccc3Cl)cs2)cc1. The average Bonchev–Trinajstić information content (AvgIpc) is 3.03. The molecule has 0 saturated carbocycles. The van der Waals surface area contributed by atoms with Crippen LogP contribution in [0.5, 0.6) is 0 Å². The van der Waals surface area contributed by atoms with Crippen LogP contribution in [0.4, 0.5) is 9.52 Å². The molecule has 0 bridgehead atoms. The van der Waals surface area contributed by atoms with Crippen molar-refractivity contribution in [2.24, 2.45) is 0 Å². The lowest BCUT2D eigenvalue weighted by Crippen LogP contribution is -2.12. The van der Waals surface area contributed by atoms with E-state index in [-0.39, 0.29) is 26.3 Å². The second-order valence-electron chi connectivity index (χ2n) is 5.63. The Kier molecular flexibility index (Phi) is 5.60. The van der Waals surface area contributed by atoms with E-state index in [0.29, 0.717) is 0 Å². The fourth-order valence-corrected chi connectivity index (χ4v) is 4.69. The van der Waals surface area contributed by atoms with E-state index in [1.165, 1.54) is 12.1 Å². The van der Waals surface area contributed by atoms with Gasteiger partial charge in [-0.25, -0.2) is 17.8 Å². The minimum Gasteiger partial charge on any atom is -0.255 e. The number of hydrogen-bond acceptors (Lipinski definition) is 4. The van der Waals surface area contributed by atoms with Crippen LogP contribution in [0.15, 0.2) is 52.7 Å². The first kappa shape index (κ1) is 18.8. The fourth-order valence-electron chi connectivity index (χ4n) is 2.48. The molecule has 0 amide bonds. The molecule has 1 aromatic heterocycles. The Morgan fingerprint density at radius 2 is 1.92 bits per heavy atom. The van der Waals surface area contributed by atoms with Gasteiger partial charge in [0.05, 0.1) is 21.2 Å². The van der Waals surface area contributed by atoms with Crippen molar-refractivity contribution in [1.29, 1.82) is 0 Å². The Morgan fingerprint density at radius 3 is 2.58 bits per heavy atom. The Balaban J connectivity index is 1.84. The zero-order valence-corrected chi connectivity index (χ0v) is 16.3. The van der Waals surface area contributed by atoms with Crippen molar-refractivity contribution in [2.45, 2.75) is 24.7 Å². The van der Waals surface area contributed by atoms with Crippen LogP contribution in [-0.2, 0) is 16.4 Å². The lowest BCUT2D eigenvalue weighted by atomic mass is 10.1. The van der Waals surface area contributed by atoms with Gasteiger partial charge in [0.2, 0.25) is 0 Å². The average molecular weight is 411 g/mol. The number of benzene rings is 2. The van der Waals surface area contributed by atoms with Crippen molar-refractivity contribution >= 4 is 38.1 Å². The molecule has 0 aliphatic carbocycles. The molecule has 0 atom stereocenters. The first-order valence-corrected chi connectivity index (χ1v) is 10.7. The molecule has 0 aliphatic heterocycles. The molecule has 1 heterocycles. The van der Waals surface area contributed by atoms with Crippen LogP contribution >= 0.6 is 22.9 Å². The highest BCUT2D eigenvalue weighted by Gasteiger charge is 2.18. The maximum absolute atomic E-state index is 14.0. The molecule has 1 N–H and O–H groups in total. The molecular weight excluding hydrogens is 395 g/mol. The van der Waals surface area contributed by atoms with Crippen LogP contribution in [0, 0.1) is 5.82 Å². The number of aromatic nitrogens is 1. The van der Waals surface area contributed by atoms with Crippen LogP contribution in [0.2, 0.25) is 5.02 Å². The van der Waals surface area contributed by atoms with Crippen molar-refractivity contribution < 1.29 is 12.8 Å². The predicted molar refractivity (Wildman–Crippen MR) is 104 cm³/mol. The number of halogens is 2. The van der Waals surface area contributed by atoms with E-state index in [0.717, 1.165) is 29.7 Å². The zero-order chi connectivity index (χ0) is 18.7. The van der Waals surface area contributed by atoms with Gasteiger partial charge in [-0.05, 0) is 36.2 Å². The number of hydrogen-bond donors (Lipinski definition) is 1. The van der Waals surface area contributed by atoms with Gasteiger partial charge in [0.25, 0.3) is 10.0 Å². The summed E-state index contributed by atoms with van der Waals surface area (Å²) in [6.07, 6.45) is 1.89. The van der Waals surface area contributed by atoms with Gasteiger partial charge < -0.3 is 0 Å². The number of nitrogens with one attached hydrogen (secondary N) is 1. The van der Waals surface area contributed by atoms with Crippen molar-refractivity contribution in [3.05, 3.63) is 64.2 Å². The summed E-state index contributed by atoms with van der Waals surface area (Å²) in [6.45, 7) is 2.06. The Labute approximate surface area is 160 Å². The summed E-state index contributed by atoms with van der Waals surface area (Å²) >= 11 is 7.10. The molecule has 3 aromatic rings. The van der Waals surface area contributed by atoms with E-state index < -0.39 is 15.8 Å². The Morgan fingerprint density at radius 1 is 1.19 bits per heavy atom. The molecule has 0 fully saturated rings. The van der Waals surface area contributed by atoms with Gasteiger partial charge in [-0.15, -0.1) is 11.3 Å². The second-order valence-corrected chi connectivity index (χ2v) is 8.58.